The average molecular weight is 381 g/mol. The Morgan fingerprint density at radius 3 is 2.41 bits per heavy atom. The molecule has 27 heavy (non-hydrogen) atoms. The average Bonchev–Trinajstić information content (AvgIpc) is 3.18. The maximum atomic E-state index is 11.6. The summed E-state index contributed by atoms with van der Waals surface area (Å²) in [4.78, 5) is 4.75. The highest BCUT2D eigenvalue weighted by Crippen LogP contribution is 2.28. The summed E-state index contributed by atoms with van der Waals surface area (Å²) < 4.78 is 27.0. The van der Waals surface area contributed by atoms with Gasteiger partial charge in [-0.3, -0.25) is 4.68 Å². The number of nitrogens with zero attached hydrogens (tertiary/aromatic N) is 4. The molecule has 0 saturated heterocycles. The number of anilines is 2. The van der Waals surface area contributed by atoms with Crippen LogP contribution in [-0.4, -0.2) is 34.0 Å². The topological polar surface area (TPSA) is 81.8 Å². The SMILES string of the molecule is Cn1cc(-c2cc3cnc(Nc4ccc(S(C)(=O)=O)cc4)cc3n2C)cn1. The minimum absolute atomic E-state index is 0.292. The minimum Gasteiger partial charge on any atom is -0.343 e. The Morgan fingerprint density at radius 1 is 1.04 bits per heavy atom. The number of aryl methyl sites for hydroxylation is 2. The molecule has 0 aliphatic heterocycles. The van der Waals surface area contributed by atoms with Gasteiger partial charge < -0.3 is 9.88 Å². The number of hydrogen-bond acceptors (Lipinski definition) is 5. The summed E-state index contributed by atoms with van der Waals surface area (Å²) in [5, 5.41) is 8.49. The molecule has 0 unspecified atom stereocenters. The van der Waals surface area contributed by atoms with E-state index in [2.05, 4.69) is 26.0 Å². The Morgan fingerprint density at radius 2 is 1.78 bits per heavy atom. The van der Waals surface area contributed by atoms with Gasteiger partial charge in [-0.1, -0.05) is 0 Å². The number of rotatable bonds is 4. The fourth-order valence-electron chi connectivity index (χ4n) is 3.06. The van der Waals surface area contributed by atoms with Crippen molar-refractivity contribution < 1.29 is 8.42 Å². The van der Waals surface area contributed by atoms with Gasteiger partial charge >= 0.3 is 0 Å². The van der Waals surface area contributed by atoms with Crippen molar-refractivity contribution in [3.63, 3.8) is 0 Å². The summed E-state index contributed by atoms with van der Waals surface area (Å²) in [6.07, 6.45) is 6.83. The molecule has 3 aromatic heterocycles. The van der Waals surface area contributed by atoms with Crippen LogP contribution in [0, 0.1) is 0 Å². The second kappa shape index (κ2) is 6.24. The van der Waals surface area contributed by atoms with Crippen LogP contribution < -0.4 is 5.32 Å². The summed E-state index contributed by atoms with van der Waals surface area (Å²) in [5.74, 6) is 0.688. The lowest BCUT2D eigenvalue weighted by Crippen LogP contribution is -1.98. The molecule has 8 heteroatoms. The van der Waals surface area contributed by atoms with E-state index >= 15 is 0 Å². The zero-order chi connectivity index (χ0) is 19.2. The van der Waals surface area contributed by atoms with Gasteiger partial charge in [0.05, 0.1) is 22.3 Å². The molecule has 138 valence electrons. The third-order valence-corrected chi connectivity index (χ3v) is 5.61. The first kappa shape index (κ1) is 17.3. The van der Waals surface area contributed by atoms with Gasteiger partial charge in [0.15, 0.2) is 9.84 Å². The van der Waals surface area contributed by atoms with Crippen LogP contribution in [0.1, 0.15) is 0 Å². The van der Waals surface area contributed by atoms with Crippen molar-refractivity contribution in [1.29, 1.82) is 0 Å². The van der Waals surface area contributed by atoms with Gasteiger partial charge in [0, 0.05) is 55.4 Å². The second-order valence-corrected chi connectivity index (χ2v) is 8.56. The molecule has 0 atom stereocenters. The van der Waals surface area contributed by atoms with Crippen LogP contribution >= 0.6 is 0 Å². The van der Waals surface area contributed by atoms with E-state index in [1.165, 1.54) is 6.26 Å². The van der Waals surface area contributed by atoms with Crippen molar-refractivity contribution in [2.75, 3.05) is 11.6 Å². The van der Waals surface area contributed by atoms with Crippen LogP contribution in [0.4, 0.5) is 11.5 Å². The van der Waals surface area contributed by atoms with E-state index in [0.29, 0.717) is 10.7 Å². The number of benzene rings is 1. The molecule has 0 radical (unpaired) electrons. The summed E-state index contributed by atoms with van der Waals surface area (Å²) >= 11 is 0. The lowest BCUT2D eigenvalue weighted by Gasteiger charge is -2.07. The maximum Gasteiger partial charge on any atom is 0.175 e. The zero-order valence-corrected chi connectivity index (χ0v) is 16.0. The molecular formula is C19H19N5O2S. The quantitative estimate of drug-likeness (QED) is 0.587. The van der Waals surface area contributed by atoms with Crippen LogP contribution in [0.2, 0.25) is 0 Å². The molecular weight excluding hydrogens is 362 g/mol. The standard InChI is InChI=1S/C19H19N5O2S/c1-23-12-14(11-21-23)17-8-13-10-20-19(9-18(13)24(17)2)22-15-4-6-16(7-5-15)27(3,25)26/h4-12H,1-3H3,(H,20,22). The third-order valence-electron chi connectivity index (χ3n) is 4.48. The summed E-state index contributed by atoms with van der Waals surface area (Å²) in [6, 6.07) is 10.7. The van der Waals surface area contributed by atoms with Crippen LogP contribution in [0.15, 0.2) is 59.9 Å². The van der Waals surface area contributed by atoms with Gasteiger partial charge in [0.25, 0.3) is 0 Å². The highest BCUT2D eigenvalue weighted by atomic mass is 32.2. The smallest absolute Gasteiger partial charge is 0.175 e. The normalized spacial score (nSPS) is 11.8. The number of nitrogens with one attached hydrogen (secondary N) is 1. The largest absolute Gasteiger partial charge is 0.343 e. The second-order valence-electron chi connectivity index (χ2n) is 6.54. The first-order valence-electron chi connectivity index (χ1n) is 8.33. The van der Waals surface area contributed by atoms with Crippen molar-refractivity contribution in [3.8, 4) is 11.3 Å². The van der Waals surface area contributed by atoms with E-state index < -0.39 is 9.84 Å². The molecule has 0 aliphatic rings. The fourth-order valence-corrected chi connectivity index (χ4v) is 3.69. The molecule has 0 fully saturated rings. The van der Waals surface area contributed by atoms with Gasteiger partial charge in [-0.15, -0.1) is 0 Å². The summed E-state index contributed by atoms with van der Waals surface area (Å²) in [7, 11) is 0.701. The van der Waals surface area contributed by atoms with Crippen molar-refractivity contribution in [2.45, 2.75) is 4.90 Å². The van der Waals surface area contributed by atoms with Gasteiger partial charge in [0.2, 0.25) is 0 Å². The molecule has 7 nitrogen and oxygen atoms in total. The van der Waals surface area contributed by atoms with Crippen LogP contribution in [0.5, 0.6) is 0 Å². The molecule has 0 aliphatic carbocycles. The lowest BCUT2D eigenvalue weighted by molar-refractivity contribution is 0.602. The molecule has 0 spiro atoms. The fraction of sp³-hybridized carbons (Fsp3) is 0.158. The molecule has 3 heterocycles. The zero-order valence-electron chi connectivity index (χ0n) is 15.2. The van der Waals surface area contributed by atoms with Crippen molar-refractivity contribution >= 4 is 32.2 Å². The van der Waals surface area contributed by atoms with Crippen molar-refractivity contribution in [1.82, 2.24) is 19.3 Å². The Kier molecular flexibility index (Phi) is 4.00. The van der Waals surface area contributed by atoms with Crippen LogP contribution in [-0.2, 0) is 23.9 Å². The third kappa shape index (κ3) is 3.31. The van der Waals surface area contributed by atoms with Crippen molar-refractivity contribution in [3.05, 3.63) is 55.0 Å². The summed E-state index contributed by atoms with van der Waals surface area (Å²) in [5.41, 5.74) is 3.92. The number of pyridine rings is 1. The van der Waals surface area contributed by atoms with E-state index in [-0.39, 0.29) is 0 Å². The molecule has 0 bridgehead atoms. The van der Waals surface area contributed by atoms with Gasteiger partial charge in [0.1, 0.15) is 5.82 Å². The first-order chi connectivity index (χ1) is 12.8. The van der Waals surface area contributed by atoms with Gasteiger partial charge in [-0.2, -0.15) is 5.10 Å². The molecule has 1 aromatic carbocycles. The predicted molar refractivity (Wildman–Crippen MR) is 106 cm³/mol. The summed E-state index contributed by atoms with van der Waals surface area (Å²) in [6.45, 7) is 0. The van der Waals surface area contributed by atoms with Crippen LogP contribution in [0.3, 0.4) is 0 Å². The van der Waals surface area contributed by atoms with Gasteiger partial charge in [-0.05, 0) is 30.3 Å². The molecule has 0 amide bonds. The molecule has 1 N–H and O–H groups in total. The Hall–Kier alpha value is -3.13. The minimum atomic E-state index is -3.20. The first-order valence-corrected chi connectivity index (χ1v) is 10.2. The van der Waals surface area contributed by atoms with E-state index in [0.717, 1.165) is 27.8 Å². The van der Waals surface area contributed by atoms with E-state index in [1.54, 1.807) is 28.9 Å². The number of hydrogen-bond donors (Lipinski definition) is 1. The Labute approximate surface area is 157 Å². The molecule has 4 rings (SSSR count). The number of fused-ring (bicyclic) bond motifs is 1. The predicted octanol–water partition coefficient (Wildman–Crippen LogP) is 3.12. The highest BCUT2D eigenvalue weighted by Gasteiger charge is 2.11. The van der Waals surface area contributed by atoms with E-state index in [1.807, 2.05) is 38.8 Å². The van der Waals surface area contributed by atoms with E-state index in [4.69, 9.17) is 0 Å². The highest BCUT2D eigenvalue weighted by molar-refractivity contribution is 7.90. The number of sulfone groups is 1. The van der Waals surface area contributed by atoms with Crippen LogP contribution in [0.25, 0.3) is 22.2 Å². The van der Waals surface area contributed by atoms with Crippen molar-refractivity contribution in [2.24, 2.45) is 14.1 Å². The Balaban J connectivity index is 1.66. The lowest BCUT2D eigenvalue weighted by atomic mass is 10.2. The molecule has 0 saturated carbocycles. The Bertz CT molecular complexity index is 1240. The molecule has 4 aromatic rings. The maximum absolute atomic E-state index is 11.6. The monoisotopic (exact) mass is 381 g/mol. The number of aromatic nitrogens is 4. The van der Waals surface area contributed by atoms with E-state index in [9.17, 15) is 8.42 Å². The van der Waals surface area contributed by atoms with Gasteiger partial charge in [-0.25, -0.2) is 13.4 Å².